The predicted octanol–water partition coefficient (Wildman–Crippen LogP) is 3.10. The minimum atomic E-state index is -0.120. The van der Waals surface area contributed by atoms with Crippen molar-refractivity contribution in [3.63, 3.8) is 0 Å². The van der Waals surface area contributed by atoms with Crippen LogP contribution >= 0.6 is 0 Å². The molecule has 1 aromatic heterocycles. The maximum absolute atomic E-state index is 10.1. The van der Waals surface area contributed by atoms with Gasteiger partial charge in [-0.25, -0.2) is 0 Å². The fourth-order valence-electron chi connectivity index (χ4n) is 3.94. The first-order valence-corrected chi connectivity index (χ1v) is 6.76. The second-order valence-electron chi connectivity index (χ2n) is 6.34. The molecule has 3 rings (SSSR count). The van der Waals surface area contributed by atoms with E-state index in [1.54, 1.807) is 0 Å². The summed E-state index contributed by atoms with van der Waals surface area (Å²) >= 11 is 0. The van der Waals surface area contributed by atoms with Crippen LogP contribution in [0.1, 0.15) is 43.6 Å². The van der Waals surface area contributed by atoms with E-state index in [0.717, 1.165) is 25.7 Å². The molecule has 0 aliphatic heterocycles. The monoisotopic (exact) mass is 234 g/mol. The highest BCUT2D eigenvalue weighted by molar-refractivity contribution is 5.32. The predicted molar refractivity (Wildman–Crippen MR) is 66.9 cm³/mol. The van der Waals surface area contributed by atoms with Crippen molar-refractivity contribution in [2.45, 2.75) is 52.6 Å². The molecule has 1 aromatic rings. The molecule has 2 aliphatic rings. The van der Waals surface area contributed by atoms with Crippen LogP contribution < -0.4 is 0 Å². The summed E-state index contributed by atoms with van der Waals surface area (Å²) < 4.78 is 5.68. The van der Waals surface area contributed by atoms with Gasteiger partial charge in [-0.05, 0) is 54.6 Å². The van der Waals surface area contributed by atoms with E-state index in [9.17, 15) is 5.11 Å². The van der Waals surface area contributed by atoms with Gasteiger partial charge in [0, 0.05) is 6.42 Å². The van der Waals surface area contributed by atoms with Crippen molar-refractivity contribution >= 4 is 0 Å². The SMILES string of the molecule is Cc1coc2c1C[C@@]1(C)[C@H](CC[C@@H](O)[C@H]1C)C2. The first-order chi connectivity index (χ1) is 8.02. The maximum Gasteiger partial charge on any atom is 0.107 e. The minimum Gasteiger partial charge on any atom is -0.469 e. The number of hydrogen-bond donors (Lipinski definition) is 1. The van der Waals surface area contributed by atoms with Gasteiger partial charge in [-0.3, -0.25) is 0 Å². The highest BCUT2D eigenvalue weighted by Crippen LogP contribution is 2.52. The topological polar surface area (TPSA) is 33.4 Å². The highest BCUT2D eigenvalue weighted by Gasteiger charge is 2.49. The van der Waals surface area contributed by atoms with Crippen LogP contribution in [-0.4, -0.2) is 11.2 Å². The number of rotatable bonds is 0. The summed E-state index contributed by atoms with van der Waals surface area (Å²) in [5.41, 5.74) is 2.94. The molecule has 2 nitrogen and oxygen atoms in total. The maximum atomic E-state index is 10.1. The van der Waals surface area contributed by atoms with Gasteiger partial charge in [-0.2, -0.15) is 0 Å². The van der Waals surface area contributed by atoms with Gasteiger partial charge < -0.3 is 9.52 Å². The van der Waals surface area contributed by atoms with Crippen molar-refractivity contribution in [3.8, 4) is 0 Å². The Bertz CT molecular complexity index is 434. The Morgan fingerprint density at radius 2 is 2.18 bits per heavy atom. The standard InChI is InChI=1S/C15H22O2/c1-9-8-17-14-6-11-4-5-13(16)10(2)15(11,3)7-12(9)14/h8,10-11,13,16H,4-7H2,1-3H3/t10-,11-,13-,15-/m1/s1. The minimum absolute atomic E-state index is 0.120. The third kappa shape index (κ3) is 1.50. The lowest BCUT2D eigenvalue weighted by Crippen LogP contribution is -2.48. The lowest BCUT2D eigenvalue weighted by atomic mass is 9.55. The molecular formula is C15H22O2. The normalized spacial score (nSPS) is 40.8. The quantitative estimate of drug-likeness (QED) is 0.748. The summed E-state index contributed by atoms with van der Waals surface area (Å²) in [5, 5.41) is 10.1. The Morgan fingerprint density at radius 3 is 2.94 bits per heavy atom. The van der Waals surface area contributed by atoms with Gasteiger partial charge in [0.2, 0.25) is 0 Å². The van der Waals surface area contributed by atoms with Crippen molar-refractivity contribution < 1.29 is 9.52 Å². The summed E-state index contributed by atoms with van der Waals surface area (Å²) in [6, 6.07) is 0. The van der Waals surface area contributed by atoms with E-state index in [4.69, 9.17) is 4.42 Å². The van der Waals surface area contributed by atoms with Gasteiger partial charge in [-0.1, -0.05) is 13.8 Å². The fourth-order valence-corrected chi connectivity index (χ4v) is 3.94. The molecule has 2 heteroatoms. The first-order valence-electron chi connectivity index (χ1n) is 6.76. The zero-order valence-corrected chi connectivity index (χ0v) is 11.0. The molecule has 0 spiro atoms. The van der Waals surface area contributed by atoms with Crippen molar-refractivity contribution in [2.75, 3.05) is 0 Å². The molecule has 1 fully saturated rings. The molecule has 1 heterocycles. The number of hydrogen-bond acceptors (Lipinski definition) is 2. The average Bonchev–Trinajstić information content (AvgIpc) is 2.64. The van der Waals surface area contributed by atoms with Crippen molar-refractivity contribution in [3.05, 3.63) is 23.2 Å². The molecule has 4 atom stereocenters. The van der Waals surface area contributed by atoms with Crippen LogP contribution in [-0.2, 0) is 12.8 Å². The lowest BCUT2D eigenvalue weighted by Gasteiger charge is -2.50. The Kier molecular flexibility index (Phi) is 2.41. The van der Waals surface area contributed by atoms with Crippen molar-refractivity contribution in [2.24, 2.45) is 17.3 Å². The van der Waals surface area contributed by atoms with E-state index in [1.807, 2.05) is 6.26 Å². The van der Waals surface area contributed by atoms with Crippen LogP contribution in [0.4, 0.5) is 0 Å². The zero-order chi connectivity index (χ0) is 12.2. The number of aliphatic hydroxyl groups is 1. The van der Waals surface area contributed by atoms with E-state index in [0.29, 0.717) is 11.8 Å². The Morgan fingerprint density at radius 1 is 1.41 bits per heavy atom. The highest BCUT2D eigenvalue weighted by atomic mass is 16.3. The molecule has 0 radical (unpaired) electrons. The van der Waals surface area contributed by atoms with E-state index in [-0.39, 0.29) is 11.5 Å². The number of furan rings is 1. The van der Waals surface area contributed by atoms with Crippen LogP contribution in [0.25, 0.3) is 0 Å². The summed E-state index contributed by atoms with van der Waals surface area (Å²) in [5.74, 6) is 2.27. The Hall–Kier alpha value is -0.760. The molecule has 0 bridgehead atoms. The number of aryl methyl sites for hydroxylation is 1. The summed E-state index contributed by atoms with van der Waals surface area (Å²) in [6.07, 6.45) is 6.01. The summed E-state index contributed by atoms with van der Waals surface area (Å²) in [4.78, 5) is 0. The van der Waals surface area contributed by atoms with E-state index in [1.165, 1.54) is 16.9 Å². The zero-order valence-electron chi connectivity index (χ0n) is 11.0. The van der Waals surface area contributed by atoms with Crippen molar-refractivity contribution in [1.29, 1.82) is 0 Å². The van der Waals surface area contributed by atoms with Gasteiger partial charge in [0.1, 0.15) is 5.76 Å². The van der Waals surface area contributed by atoms with Crippen LogP contribution in [0.5, 0.6) is 0 Å². The molecular weight excluding hydrogens is 212 g/mol. The second kappa shape index (κ2) is 3.61. The van der Waals surface area contributed by atoms with Gasteiger partial charge in [0.15, 0.2) is 0 Å². The van der Waals surface area contributed by atoms with E-state index >= 15 is 0 Å². The molecule has 1 N–H and O–H groups in total. The average molecular weight is 234 g/mol. The summed E-state index contributed by atoms with van der Waals surface area (Å²) in [6.45, 7) is 6.72. The molecule has 0 saturated heterocycles. The molecule has 17 heavy (non-hydrogen) atoms. The summed E-state index contributed by atoms with van der Waals surface area (Å²) in [7, 11) is 0. The molecule has 2 aliphatic carbocycles. The molecule has 94 valence electrons. The van der Waals surface area contributed by atoms with Crippen LogP contribution in [0, 0.1) is 24.2 Å². The largest absolute Gasteiger partial charge is 0.469 e. The first kappa shape index (κ1) is 11.3. The Balaban J connectivity index is 2.01. The van der Waals surface area contributed by atoms with Gasteiger partial charge in [0.05, 0.1) is 12.4 Å². The molecule has 1 saturated carbocycles. The number of fused-ring (bicyclic) bond motifs is 2. The van der Waals surface area contributed by atoms with Crippen LogP contribution in [0.15, 0.2) is 10.7 Å². The third-order valence-electron chi connectivity index (χ3n) is 5.54. The van der Waals surface area contributed by atoms with Crippen LogP contribution in [0.3, 0.4) is 0 Å². The fraction of sp³-hybridized carbons (Fsp3) is 0.733. The van der Waals surface area contributed by atoms with Gasteiger partial charge >= 0.3 is 0 Å². The third-order valence-corrected chi connectivity index (χ3v) is 5.54. The van der Waals surface area contributed by atoms with E-state index < -0.39 is 0 Å². The smallest absolute Gasteiger partial charge is 0.107 e. The lowest BCUT2D eigenvalue weighted by molar-refractivity contribution is -0.0546. The second-order valence-corrected chi connectivity index (χ2v) is 6.34. The van der Waals surface area contributed by atoms with E-state index in [2.05, 4.69) is 20.8 Å². The van der Waals surface area contributed by atoms with Gasteiger partial charge in [0.25, 0.3) is 0 Å². The van der Waals surface area contributed by atoms with Crippen LogP contribution in [0.2, 0.25) is 0 Å². The number of aliphatic hydroxyl groups excluding tert-OH is 1. The molecule has 0 unspecified atom stereocenters. The Labute approximate surface area is 103 Å². The molecule has 0 amide bonds. The van der Waals surface area contributed by atoms with Gasteiger partial charge in [-0.15, -0.1) is 0 Å². The van der Waals surface area contributed by atoms with Crippen molar-refractivity contribution in [1.82, 2.24) is 0 Å². The molecule has 0 aromatic carbocycles.